The Kier molecular flexibility index (Phi) is 5.19. The van der Waals surface area contributed by atoms with Crippen LogP contribution in [0.3, 0.4) is 0 Å². The molecule has 0 heterocycles. The van der Waals surface area contributed by atoms with Crippen molar-refractivity contribution in [1.82, 2.24) is 0 Å². The van der Waals surface area contributed by atoms with Gasteiger partial charge in [0.2, 0.25) is 0 Å². The first-order chi connectivity index (χ1) is 10.7. The summed E-state index contributed by atoms with van der Waals surface area (Å²) < 4.78 is 20.0. The zero-order valence-corrected chi connectivity index (χ0v) is 12.3. The van der Waals surface area contributed by atoms with Crippen molar-refractivity contribution in [1.29, 1.82) is 0 Å². The highest BCUT2D eigenvalue weighted by Gasteiger charge is 2.10. The number of ether oxygens (including phenoxy) is 4. The summed E-state index contributed by atoms with van der Waals surface area (Å²) in [5.74, 6) is 0.142. The van der Waals surface area contributed by atoms with Crippen molar-refractivity contribution in [3.05, 3.63) is 36.4 Å². The van der Waals surface area contributed by atoms with E-state index in [1.54, 1.807) is 24.3 Å². The van der Waals surface area contributed by atoms with Gasteiger partial charge >= 0.3 is 11.9 Å². The maximum atomic E-state index is 11.2. The van der Waals surface area contributed by atoms with Crippen LogP contribution in [-0.2, 0) is 19.1 Å². The molecule has 0 radical (unpaired) electrons. The van der Waals surface area contributed by atoms with Gasteiger partial charge in [0, 0.05) is 10.8 Å². The predicted molar refractivity (Wildman–Crippen MR) is 79.0 cm³/mol. The number of carbonyl (C=O) groups is 2. The van der Waals surface area contributed by atoms with Gasteiger partial charge in [-0.1, -0.05) is 24.3 Å². The molecule has 0 fully saturated rings. The number of methoxy groups -OCH3 is 2. The van der Waals surface area contributed by atoms with Gasteiger partial charge in [0.15, 0.2) is 13.2 Å². The first-order valence-electron chi connectivity index (χ1n) is 6.56. The quantitative estimate of drug-likeness (QED) is 0.760. The lowest BCUT2D eigenvalue weighted by molar-refractivity contribution is -0.143. The zero-order valence-electron chi connectivity index (χ0n) is 12.3. The van der Waals surface area contributed by atoms with Crippen molar-refractivity contribution in [3.8, 4) is 11.5 Å². The van der Waals surface area contributed by atoms with Gasteiger partial charge in [-0.2, -0.15) is 0 Å². The van der Waals surface area contributed by atoms with Crippen LogP contribution in [-0.4, -0.2) is 39.4 Å². The highest BCUT2D eigenvalue weighted by Crippen LogP contribution is 2.32. The number of hydrogen-bond donors (Lipinski definition) is 0. The normalized spacial score (nSPS) is 10.1. The van der Waals surface area contributed by atoms with Gasteiger partial charge in [-0.25, -0.2) is 9.59 Å². The number of carbonyl (C=O) groups excluding carboxylic acids is 2. The summed E-state index contributed by atoms with van der Waals surface area (Å²) in [6.07, 6.45) is 0. The molecule has 0 aliphatic rings. The minimum atomic E-state index is -0.463. The first kappa shape index (κ1) is 15.6. The monoisotopic (exact) mass is 304 g/mol. The van der Waals surface area contributed by atoms with Crippen molar-refractivity contribution >= 4 is 22.7 Å². The third kappa shape index (κ3) is 3.66. The predicted octanol–water partition coefficient (Wildman–Crippen LogP) is 1.94. The van der Waals surface area contributed by atoms with Gasteiger partial charge in [0.25, 0.3) is 0 Å². The summed E-state index contributed by atoms with van der Waals surface area (Å²) in [4.78, 5) is 22.4. The van der Waals surface area contributed by atoms with Crippen molar-refractivity contribution in [2.75, 3.05) is 27.4 Å². The van der Waals surface area contributed by atoms with Crippen LogP contribution in [0.2, 0.25) is 0 Å². The van der Waals surface area contributed by atoms with E-state index in [4.69, 9.17) is 9.47 Å². The van der Waals surface area contributed by atoms with Crippen LogP contribution < -0.4 is 9.47 Å². The third-order valence-electron chi connectivity index (χ3n) is 2.99. The van der Waals surface area contributed by atoms with E-state index >= 15 is 0 Å². The van der Waals surface area contributed by atoms with Gasteiger partial charge in [-0.15, -0.1) is 0 Å². The molecule has 0 N–H and O–H groups in total. The Balaban J connectivity index is 2.25. The van der Waals surface area contributed by atoms with Gasteiger partial charge in [-0.3, -0.25) is 0 Å². The van der Waals surface area contributed by atoms with Crippen LogP contribution in [0.4, 0.5) is 0 Å². The number of fused-ring (bicyclic) bond motifs is 1. The maximum Gasteiger partial charge on any atom is 0.343 e. The SMILES string of the molecule is COC(=O)COc1cccc2c(OCC(=O)OC)cccc12. The van der Waals surface area contributed by atoms with Crippen LogP contribution in [0, 0.1) is 0 Å². The largest absolute Gasteiger partial charge is 0.481 e. The van der Waals surface area contributed by atoms with Gasteiger partial charge in [-0.05, 0) is 12.1 Å². The smallest absolute Gasteiger partial charge is 0.343 e. The van der Waals surface area contributed by atoms with Crippen LogP contribution in [0.15, 0.2) is 36.4 Å². The van der Waals surface area contributed by atoms with Crippen molar-refractivity contribution in [3.63, 3.8) is 0 Å². The molecule has 0 amide bonds. The molecule has 0 aliphatic carbocycles. The van der Waals surface area contributed by atoms with E-state index in [0.29, 0.717) is 11.5 Å². The number of hydrogen-bond acceptors (Lipinski definition) is 6. The Hall–Kier alpha value is -2.76. The van der Waals surface area contributed by atoms with Crippen LogP contribution in [0.5, 0.6) is 11.5 Å². The molecule has 0 saturated carbocycles. The van der Waals surface area contributed by atoms with E-state index in [1.165, 1.54) is 14.2 Å². The van der Waals surface area contributed by atoms with Crippen LogP contribution in [0.1, 0.15) is 0 Å². The van der Waals surface area contributed by atoms with E-state index in [0.717, 1.165) is 10.8 Å². The van der Waals surface area contributed by atoms with Crippen molar-refractivity contribution in [2.24, 2.45) is 0 Å². The highest BCUT2D eigenvalue weighted by molar-refractivity contribution is 5.93. The summed E-state index contributed by atoms with van der Waals surface area (Å²) in [5.41, 5.74) is 0. The van der Waals surface area contributed by atoms with Crippen molar-refractivity contribution in [2.45, 2.75) is 0 Å². The third-order valence-corrected chi connectivity index (χ3v) is 2.99. The molecule has 0 unspecified atom stereocenters. The highest BCUT2D eigenvalue weighted by atomic mass is 16.6. The average molecular weight is 304 g/mol. The van der Waals surface area contributed by atoms with E-state index in [-0.39, 0.29) is 13.2 Å². The molecule has 0 atom stereocenters. The fourth-order valence-electron chi connectivity index (χ4n) is 1.90. The molecule has 22 heavy (non-hydrogen) atoms. The second kappa shape index (κ2) is 7.31. The molecule has 2 rings (SSSR count). The van der Waals surface area contributed by atoms with Crippen LogP contribution >= 0.6 is 0 Å². The minimum absolute atomic E-state index is 0.178. The average Bonchev–Trinajstić information content (AvgIpc) is 2.57. The molecule has 6 heteroatoms. The second-order valence-corrected chi connectivity index (χ2v) is 4.34. The molecule has 0 aliphatic heterocycles. The summed E-state index contributed by atoms with van der Waals surface area (Å²) in [6.45, 7) is -0.355. The number of rotatable bonds is 6. The van der Waals surface area contributed by atoms with Crippen molar-refractivity contribution < 1.29 is 28.5 Å². The Bertz CT molecular complexity index is 620. The Labute approximate surface area is 127 Å². The Morgan fingerprint density at radius 1 is 0.773 bits per heavy atom. The van der Waals surface area contributed by atoms with E-state index in [9.17, 15) is 9.59 Å². The lowest BCUT2D eigenvalue weighted by atomic mass is 10.1. The summed E-state index contributed by atoms with van der Waals surface area (Å²) in [6, 6.07) is 10.7. The summed E-state index contributed by atoms with van der Waals surface area (Å²) in [7, 11) is 2.60. The molecule has 0 saturated heterocycles. The second-order valence-electron chi connectivity index (χ2n) is 4.34. The summed E-state index contributed by atoms with van der Waals surface area (Å²) in [5, 5.41) is 1.54. The molecular formula is C16H16O6. The van der Waals surface area contributed by atoms with Gasteiger partial charge in [0.1, 0.15) is 11.5 Å². The minimum Gasteiger partial charge on any atom is -0.481 e. The lowest BCUT2D eigenvalue weighted by Crippen LogP contribution is -2.13. The molecule has 2 aromatic carbocycles. The Morgan fingerprint density at radius 3 is 1.55 bits per heavy atom. The molecule has 0 bridgehead atoms. The van der Waals surface area contributed by atoms with E-state index in [2.05, 4.69) is 9.47 Å². The van der Waals surface area contributed by atoms with E-state index in [1.807, 2.05) is 12.1 Å². The topological polar surface area (TPSA) is 71.1 Å². The first-order valence-corrected chi connectivity index (χ1v) is 6.56. The molecule has 6 nitrogen and oxygen atoms in total. The fraction of sp³-hybridized carbons (Fsp3) is 0.250. The summed E-state index contributed by atoms with van der Waals surface area (Å²) >= 11 is 0. The van der Waals surface area contributed by atoms with Crippen LogP contribution in [0.25, 0.3) is 10.8 Å². The van der Waals surface area contributed by atoms with Gasteiger partial charge < -0.3 is 18.9 Å². The van der Waals surface area contributed by atoms with E-state index < -0.39 is 11.9 Å². The maximum absolute atomic E-state index is 11.2. The molecule has 2 aromatic rings. The molecule has 0 aromatic heterocycles. The fourth-order valence-corrected chi connectivity index (χ4v) is 1.90. The number of benzene rings is 2. The zero-order chi connectivity index (χ0) is 15.9. The Morgan fingerprint density at radius 2 is 1.18 bits per heavy atom. The van der Waals surface area contributed by atoms with Gasteiger partial charge in [0.05, 0.1) is 14.2 Å². The lowest BCUT2D eigenvalue weighted by Gasteiger charge is -2.11. The number of esters is 2. The molecule has 0 spiro atoms. The standard InChI is InChI=1S/C16H16O6/c1-19-15(17)9-21-13-7-3-6-12-11(13)5-4-8-14(12)22-10-16(18)20-2/h3-8H,9-10H2,1-2H3. The molecule has 116 valence electrons. The molecular weight excluding hydrogens is 288 g/mol.